The van der Waals surface area contributed by atoms with Crippen LogP contribution in [0, 0.1) is 4.91 Å². The van der Waals surface area contributed by atoms with Crippen LogP contribution in [-0.4, -0.2) is 39.4 Å². The standard InChI is InChI=1S/C17H23NO6/c1-3-22-16(19)9-12(11-18-20)14-6-5-13(21-2)10-15(14)17-23-7-4-8-24-17/h5-6,10,12,17H,3-4,7-9,11H2,1-2H3. The molecule has 0 aliphatic carbocycles. The summed E-state index contributed by atoms with van der Waals surface area (Å²) in [5.41, 5.74) is 1.54. The zero-order chi connectivity index (χ0) is 17.4. The number of nitroso groups, excluding NO2 is 1. The Morgan fingerprint density at radius 2 is 2.12 bits per heavy atom. The molecule has 0 amide bonds. The smallest absolute Gasteiger partial charge is 0.306 e. The maximum absolute atomic E-state index is 11.9. The van der Waals surface area contributed by atoms with Crippen LogP contribution in [0.5, 0.6) is 5.75 Å². The van der Waals surface area contributed by atoms with E-state index in [1.54, 1.807) is 20.1 Å². The van der Waals surface area contributed by atoms with Crippen LogP contribution in [0.25, 0.3) is 0 Å². The van der Waals surface area contributed by atoms with Gasteiger partial charge in [0.2, 0.25) is 0 Å². The van der Waals surface area contributed by atoms with Crippen LogP contribution in [-0.2, 0) is 19.0 Å². The van der Waals surface area contributed by atoms with Crippen LogP contribution < -0.4 is 4.74 Å². The van der Waals surface area contributed by atoms with Crippen molar-refractivity contribution in [3.63, 3.8) is 0 Å². The summed E-state index contributed by atoms with van der Waals surface area (Å²) in [4.78, 5) is 22.7. The summed E-state index contributed by atoms with van der Waals surface area (Å²) in [6.07, 6.45) is 0.365. The van der Waals surface area contributed by atoms with Gasteiger partial charge in [-0.2, -0.15) is 4.91 Å². The Hall–Kier alpha value is -1.99. The first-order valence-electron chi connectivity index (χ1n) is 8.05. The average molecular weight is 337 g/mol. The Labute approximate surface area is 141 Å². The Bertz CT molecular complexity index is 556. The van der Waals surface area contributed by atoms with Gasteiger partial charge in [0.1, 0.15) is 5.75 Å². The maximum Gasteiger partial charge on any atom is 0.306 e. The van der Waals surface area contributed by atoms with Crippen molar-refractivity contribution in [3.05, 3.63) is 34.2 Å². The summed E-state index contributed by atoms with van der Waals surface area (Å²) in [6.45, 7) is 3.20. The topological polar surface area (TPSA) is 83.4 Å². The second kappa shape index (κ2) is 9.34. The molecule has 0 spiro atoms. The molecule has 1 unspecified atom stereocenters. The number of esters is 1. The lowest BCUT2D eigenvalue weighted by Crippen LogP contribution is -2.21. The average Bonchev–Trinajstić information content (AvgIpc) is 2.62. The van der Waals surface area contributed by atoms with Crippen molar-refractivity contribution in [1.82, 2.24) is 0 Å². The zero-order valence-corrected chi connectivity index (χ0v) is 14.0. The number of nitrogens with zero attached hydrogens (tertiary/aromatic N) is 1. The monoisotopic (exact) mass is 337 g/mol. The van der Waals surface area contributed by atoms with E-state index in [0.29, 0.717) is 25.6 Å². The highest BCUT2D eigenvalue weighted by Crippen LogP contribution is 2.34. The van der Waals surface area contributed by atoms with Gasteiger partial charge in [-0.15, -0.1) is 0 Å². The molecule has 1 saturated heterocycles. The van der Waals surface area contributed by atoms with Crippen molar-refractivity contribution in [2.75, 3.05) is 33.5 Å². The zero-order valence-electron chi connectivity index (χ0n) is 14.0. The van der Waals surface area contributed by atoms with E-state index in [-0.39, 0.29) is 18.9 Å². The molecule has 0 N–H and O–H groups in total. The number of benzene rings is 1. The molecule has 0 saturated carbocycles. The molecule has 7 nitrogen and oxygen atoms in total. The van der Waals surface area contributed by atoms with Crippen LogP contribution in [0.1, 0.15) is 43.1 Å². The highest BCUT2D eigenvalue weighted by molar-refractivity contribution is 5.70. The summed E-state index contributed by atoms with van der Waals surface area (Å²) in [6, 6.07) is 5.42. The molecular formula is C17H23NO6. The number of carbonyl (C=O) groups excluding carboxylic acids is 1. The van der Waals surface area contributed by atoms with E-state index in [1.807, 2.05) is 12.1 Å². The number of methoxy groups -OCH3 is 1. The fourth-order valence-corrected chi connectivity index (χ4v) is 2.71. The Morgan fingerprint density at radius 3 is 2.75 bits per heavy atom. The SMILES string of the molecule is CCOC(=O)CC(CN=O)c1ccc(OC)cc1C1OCCCO1. The predicted molar refractivity (Wildman–Crippen MR) is 86.9 cm³/mol. The third-order valence-corrected chi connectivity index (χ3v) is 3.83. The van der Waals surface area contributed by atoms with Crippen molar-refractivity contribution in [1.29, 1.82) is 0 Å². The first-order chi connectivity index (χ1) is 11.7. The molecule has 0 radical (unpaired) electrons. The van der Waals surface area contributed by atoms with Crippen molar-refractivity contribution in [2.24, 2.45) is 5.18 Å². The van der Waals surface area contributed by atoms with Crippen molar-refractivity contribution in [2.45, 2.75) is 32.0 Å². The van der Waals surface area contributed by atoms with Crippen LogP contribution in [0.2, 0.25) is 0 Å². The van der Waals surface area contributed by atoms with E-state index in [2.05, 4.69) is 5.18 Å². The van der Waals surface area contributed by atoms with Gasteiger partial charge in [0.25, 0.3) is 0 Å². The van der Waals surface area contributed by atoms with Gasteiger partial charge in [0.05, 0.1) is 39.9 Å². The van der Waals surface area contributed by atoms with Crippen LogP contribution >= 0.6 is 0 Å². The minimum atomic E-state index is -0.541. The van der Waals surface area contributed by atoms with Gasteiger partial charge in [0, 0.05) is 11.5 Å². The van der Waals surface area contributed by atoms with Crippen molar-refractivity contribution in [3.8, 4) is 5.75 Å². The van der Waals surface area contributed by atoms with E-state index in [0.717, 1.165) is 17.5 Å². The molecular weight excluding hydrogens is 314 g/mol. The number of carbonyl (C=O) groups is 1. The third kappa shape index (κ3) is 4.75. The molecule has 1 aliphatic heterocycles. The molecule has 132 valence electrons. The normalized spacial score (nSPS) is 16.4. The fourth-order valence-electron chi connectivity index (χ4n) is 2.71. The summed E-state index contributed by atoms with van der Waals surface area (Å²) in [5.74, 6) is -0.101. The van der Waals surface area contributed by atoms with Crippen molar-refractivity contribution >= 4 is 5.97 Å². The third-order valence-electron chi connectivity index (χ3n) is 3.83. The summed E-state index contributed by atoms with van der Waals surface area (Å²) in [5, 5.41) is 2.98. The van der Waals surface area contributed by atoms with Crippen molar-refractivity contribution < 1.29 is 23.7 Å². The largest absolute Gasteiger partial charge is 0.497 e. The molecule has 1 heterocycles. The lowest BCUT2D eigenvalue weighted by atomic mass is 9.90. The Morgan fingerprint density at radius 1 is 1.38 bits per heavy atom. The molecule has 1 aromatic carbocycles. The first kappa shape index (κ1) is 18.4. The highest BCUT2D eigenvalue weighted by Gasteiger charge is 2.26. The molecule has 0 aromatic heterocycles. The second-order valence-corrected chi connectivity index (χ2v) is 5.44. The lowest BCUT2D eigenvalue weighted by molar-refractivity contribution is -0.183. The number of hydrogen-bond donors (Lipinski definition) is 0. The second-order valence-electron chi connectivity index (χ2n) is 5.44. The van der Waals surface area contributed by atoms with E-state index < -0.39 is 12.2 Å². The molecule has 1 aromatic rings. The molecule has 1 aliphatic rings. The van der Waals surface area contributed by atoms with Crippen LogP contribution in [0.15, 0.2) is 23.4 Å². The molecule has 24 heavy (non-hydrogen) atoms. The van der Waals surface area contributed by atoms with Gasteiger partial charge in [-0.1, -0.05) is 11.2 Å². The highest BCUT2D eigenvalue weighted by atomic mass is 16.7. The van der Waals surface area contributed by atoms with Gasteiger partial charge in [-0.3, -0.25) is 4.79 Å². The summed E-state index contributed by atoms with van der Waals surface area (Å²) in [7, 11) is 1.57. The van der Waals surface area contributed by atoms with Gasteiger partial charge in [-0.25, -0.2) is 0 Å². The first-order valence-corrected chi connectivity index (χ1v) is 8.05. The lowest BCUT2D eigenvalue weighted by Gasteiger charge is -2.27. The minimum Gasteiger partial charge on any atom is -0.497 e. The number of hydrogen-bond acceptors (Lipinski definition) is 7. The van der Waals surface area contributed by atoms with E-state index in [1.165, 1.54) is 0 Å². The van der Waals surface area contributed by atoms with Gasteiger partial charge in [0.15, 0.2) is 6.29 Å². The molecule has 1 fully saturated rings. The molecule has 2 rings (SSSR count). The Balaban J connectivity index is 2.32. The van der Waals surface area contributed by atoms with Gasteiger partial charge >= 0.3 is 5.97 Å². The van der Waals surface area contributed by atoms with Crippen LogP contribution in [0.4, 0.5) is 0 Å². The summed E-state index contributed by atoms with van der Waals surface area (Å²) >= 11 is 0. The fraction of sp³-hybridized carbons (Fsp3) is 0.588. The molecule has 1 atom stereocenters. The quantitative estimate of drug-likeness (QED) is 0.536. The van der Waals surface area contributed by atoms with Gasteiger partial charge < -0.3 is 18.9 Å². The number of ether oxygens (including phenoxy) is 4. The predicted octanol–water partition coefficient (Wildman–Crippen LogP) is 2.93. The molecule has 7 heteroatoms. The van der Waals surface area contributed by atoms with Gasteiger partial charge in [-0.05, 0) is 31.0 Å². The maximum atomic E-state index is 11.9. The summed E-state index contributed by atoms with van der Waals surface area (Å²) < 4.78 is 21.6. The van der Waals surface area contributed by atoms with Crippen LogP contribution in [0.3, 0.4) is 0 Å². The van der Waals surface area contributed by atoms with E-state index in [4.69, 9.17) is 18.9 Å². The Kier molecular flexibility index (Phi) is 7.14. The van der Waals surface area contributed by atoms with E-state index >= 15 is 0 Å². The molecule has 0 bridgehead atoms. The van der Waals surface area contributed by atoms with E-state index in [9.17, 15) is 9.70 Å². The number of rotatable bonds is 8. The minimum absolute atomic E-state index is 0.0230.